The van der Waals surface area contributed by atoms with E-state index in [0.717, 1.165) is 52.4 Å². The second kappa shape index (κ2) is 20.3. The van der Waals surface area contributed by atoms with Crippen LogP contribution in [-0.2, 0) is 43.7 Å². The predicted octanol–water partition coefficient (Wildman–Crippen LogP) is 6.47. The van der Waals surface area contributed by atoms with Gasteiger partial charge < -0.3 is 15.4 Å². The molecule has 0 aromatic heterocycles. The van der Waals surface area contributed by atoms with Gasteiger partial charge in [0.25, 0.3) is 0 Å². The summed E-state index contributed by atoms with van der Waals surface area (Å²) in [5.74, 6) is -5.65. The first-order valence-corrected chi connectivity index (χ1v) is 18.1. The molecule has 0 aliphatic rings. The van der Waals surface area contributed by atoms with Crippen LogP contribution in [0.1, 0.15) is 67.7 Å². The lowest BCUT2D eigenvalue weighted by Gasteiger charge is -2.32. The van der Waals surface area contributed by atoms with Crippen LogP contribution in [0.2, 0.25) is 0 Å². The number of sulfonamides is 1. The van der Waals surface area contributed by atoms with Crippen molar-refractivity contribution in [3.05, 3.63) is 95.6 Å². The number of esters is 1. The molecule has 2 rings (SSSR count). The fraction of sp³-hybridized carbons (Fsp3) is 0.500. The number of halogens is 5. The van der Waals surface area contributed by atoms with Crippen LogP contribution in [0.15, 0.2) is 61.7 Å². The molecular weight excluding hydrogens is 681 g/mol. The van der Waals surface area contributed by atoms with Gasteiger partial charge in [-0.05, 0) is 74.3 Å². The Morgan fingerprint density at radius 3 is 2.28 bits per heavy atom. The van der Waals surface area contributed by atoms with Gasteiger partial charge in [-0.2, -0.15) is 17.5 Å². The summed E-state index contributed by atoms with van der Waals surface area (Å²) in [6.45, 7) is 10.9. The SMILES string of the molecule is C=CCCCc1ccc(C)cc1CNC[C@@H](OC(=O)C(F)(F)F)[C@H](Cc1cc(F)cc(F)c1)NC(=O)[C@H](CC=C)N(C)S(=O)(=O)CCCCC. The number of hydrogen-bond donors (Lipinski definition) is 2. The molecule has 0 saturated carbocycles. The fourth-order valence-corrected chi connectivity index (χ4v) is 6.83. The summed E-state index contributed by atoms with van der Waals surface area (Å²) >= 11 is 0. The molecular formula is C36H48F5N3O5S. The quantitative estimate of drug-likeness (QED) is 0.0624. The molecule has 50 heavy (non-hydrogen) atoms. The number of hydrogen-bond acceptors (Lipinski definition) is 6. The van der Waals surface area contributed by atoms with Crippen molar-refractivity contribution in [3.63, 3.8) is 0 Å². The third-order valence-electron chi connectivity index (χ3n) is 8.10. The Morgan fingerprint density at radius 1 is 1.00 bits per heavy atom. The van der Waals surface area contributed by atoms with Crippen molar-refractivity contribution in [3.8, 4) is 0 Å². The highest BCUT2D eigenvalue weighted by Gasteiger charge is 2.44. The first-order valence-electron chi connectivity index (χ1n) is 16.5. The number of ether oxygens (including phenoxy) is 1. The van der Waals surface area contributed by atoms with E-state index in [0.29, 0.717) is 25.3 Å². The van der Waals surface area contributed by atoms with E-state index in [4.69, 9.17) is 4.74 Å². The summed E-state index contributed by atoms with van der Waals surface area (Å²) in [6.07, 6.45) is -0.599. The van der Waals surface area contributed by atoms with Gasteiger partial charge in [-0.3, -0.25) is 4.79 Å². The molecule has 0 radical (unpaired) electrons. The summed E-state index contributed by atoms with van der Waals surface area (Å²) in [5, 5.41) is 5.56. The molecule has 1 amide bonds. The minimum atomic E-state index is -5.40. The monoisotopic (exact) mass is 729 g/mol. The number of carbonyl (C=O) groups excluding carboxylic acids is 2. The standard InChI is InChI=1S/C36H48F5N3O5S/c1-6-9-11-14-27-16-15-25(4)18-28(27)23-42-24-33(49-35(46)36(39,40)41)31(21-26-19-29(37)22-30(38)20-26)43-34(45)32(13-8-3)44(5)50(47,48)17-12-10-7-2/h6,8,15-16,18-20,22,31-33,42H,1,3,7,9-14,17,21,23-24H2,2,4-5H3,(H,43,45)/t31-,32-,33+/m0/s1. The van der Waals surface area contributed by atoms with E-state index in [-0.39, 0.29) is 24.3 Å². The van der Waals surface area contributed by atoms with Crippen molar-refractivity contribution >= 4 is 21.9 Å². The zero-order valence-electron chi connectivity index (χ0n) is 28.8. The van der Waals surface area contributed by atoms with Crippen molar-refractivity contribution in [1.82, 2.24) is 14.9 Å². The summed E-state index contributed by atoms with van der Waals surface area (Å²) in [5.41, 5.74) is 2.73. The van der Waals surface area contributed by atoms with Crippen LogP contribution < -0.4 is 10.6 Å². The summed E-state index contributed by atoms with van der Waals surface area (Å²) < 4.78 is 101. The summed E-state index contributed by atoms with van der Waals surface area (Å²) in [7, 11) is -2.74. The Bertz CT molecular complexity index is 1530. The van der Waals surface area contributed by atoms with Crippen molar-refractivity contribution in [2.45, 2.75) is 96.1 Å². The highest BCUT2D eigenvalue weighted by atomic mass is 32.2. The Morgan fingerprint density at radius 2 is 1.68 bits per heavy atom. The highest BCUT2D eigenvalue weighted by Crippen LogP contribution is 2.22. The van der Waals surface area contributed by atoms with Crippen LogP contribution in [0, 0.1) is 18.6 Å². The number of amides is 1. The third-order valence-corrected chi connectivity index (χ3v) is 10.0. The van der Waals surface area contributed by atoms with Gasteiger partial charge in [-0.15, -0.1) is 13.2 Å². The van der Waals surface area contributed by atoms with Gasteiger partial charge in [-0.1, -0.05) is 55.7 Å². The number of aryl methyl sites for hydroxylation is 2. The van der Waals surface area contributed by atoms with E-state index >= 15 is 0 Å². The van der Waals surface area contributed by atoms with E-state index in [1.54, 1.807) is 6.08 Å². The van der Waals surface area contributed by atoms with Gasteiger partial charge in [0, 0.05) is 26.2 Å². The zero-order chi connectivity index (χ0) is 37.5. The molecule has 2 aromatic rings. The lowest BCUT2D eigenvalue weighted by molar-refractivity contribution is -0.206. The van der Waals surface area contributed by atoms with Gasteiger partial charge in [0.1, 0.15) is 23.8 Å². The molecule has 3 atom stereocenters. The number of allylic oxidation sites excluding steroid dienone is 1. The second-order valence-electron chi connectivity index (χ2n) is 12.2. The summed E-state index contributed by atoms with van der Waals surface area (Å²) in [6, 6.07) is 5.41. The number of benzene rings is 2. The lowest BCUT2D eigenvalue weighted by Crippen LogP contribution is -2.56. The van der Waals surface area contributed by atoms with E-state index in [9.17, 15) is 40.0 Å². The first-order chi connectivity index (χ1) is 23.5. The molecule has 0 aliphatic heterocycles. The van der Waals surface area contributed by atoms with Gasteiger partial charge in [0.05, 0.1) is 11.8 Å². The predicted molar refractivity (Wildman–Crippen MR) is 184 cm³/mol. The maximum Gasteiger partial charge on any atom is 0.490 e. The maximum absolute atomic E-state index is 14.2. The van der Waals surface area contributed by atoms with E-state index in [2.05, 4.69) is 23.8 Å². The zero-order valence-corrected chi connectivity index (χ0v) is 29.6. The van der Waals surface area contributed by atoms with Crippen molar-refractivity contribution < 1.29 is 44.7 Å². The van der Waals surface area contributed by atoms with Crippen LogP contribution in [-0.4, -0.2) is 68.3 Å². The van der Waals surface area contributed by atoms with Crippen molar-refractivity contribution in [2.24, 2.45) is 0 Å². The fourth-order valence-electron chi connectivity index (χ4n) is 5.41. The summed E-state index contributed by atoms with van der Waals surface area (Å²) in [4.78, 5) is 26.0. The number of unbranched alkanes of at least 4 members (excludes halogenated alkanes) is 3. The Hall–Kier alpha value is -3.62. The first kappa shape index (κ1) is 42.5. The van der Waals surface area contributed by atoms with Gasteiger partial charge in [0.15, 0.2) is 0 Å². The van der Waals surface area contributed by atoms with Crippen LogP contribution in [0.25, 0.3) is 0 Å². The number of rotatable bonds is 22. The second-order valence-corrected chi connectivity index (χ2v) is 14.3. The molecule has 8 nitrogen and oxygen atoms in total. The molecule has 2 aromatic carbocycles. The van der Waals surface area contributed by atoms with Crippen LogP contribution in [0.3, 0.4) is 0 Å². The molecule has 0 aliphatic carbocycles. The van der Waals surface area contributed by atoms with Gasteiger partial charge >= 0.3 is 12.1 Å². The molecule has 14 heteroatoms. The number of carbonyl (C=O) groups is 2. The van der Waals surface area contributed by atoms with E-state index in [1.807, 2.05) is 32.0 Å². The van der Waals surface area contributed by atoms with E-state index < -0.39 is 70.9 Å². The largest absolute Gasteiger partial charge is 0.490 e. The van der Waals surface area contributed by atoms with Gasteiger partial charge in [0.2, 0.25) is 15.9 Å². The average Bonchev–Trinajstić information content (AvgIpc) is 3.02. The molecule has 0 saturated heterocycles. The molecule has 2 N–H and O–H groups in total. The number of nitrogens with one attached hydrogen (secondary N) is 2. The number of likely N-dealkylation sites (N-methyl/N-ethyl adjacent to an activating group) is 1. The smallest absolute Gasteiger partial charge is 0.452 e. The van der Waals surface area contributed by atoms with Crippen LogP contribution in [0.5, 0.6) is 0 Å². The molecule has 0 heterocycles. The molecule has 278 valence electrons. The lowest BCUT2D eigenvalue weighted by atomic mass is 9.98. The molecule has 0 fully saturated rings. The molecule has 0 bridgehead atoms. The molecule has 0 unspecified atom stereocenters. The molecule has 0 spiro atoms. The van der Waals surface area contributed by atoms with E-state index in [1.165, 1.54) is 13.1 Å². The van der Waals surface area contributed by atoms with Crippen LogP contribution >= 0.6 is 0 Å². The van der Waals surface area contributed by atoms with Crippen LogP contribution in [0.4, 0.5) is 22.0 Å². The highest BCUT2D eigenvalue weighted by molar-refractivity contribution is 7.89. The Balaban J connectivity index is 2.51. The Labute approximate surface area is 292 Å². The minimum Gasteiger partial charge on any atom is -0.452 e. The maximum atomic E-state index is 14.2. The number of nitrogens with zero attached hydrogens (tertiary/aromatic N) is 1. The van der Waals surface area contributed by atoms with Crippen molar-refractivity contribution in [2.75, 3.05) is 19.3 Å². The Kier molecular flexibility index (Phi) is 17.3. The number of alkyl halides is 3. The van der Waals surface area contributed by atoms with Crippen molar-refractivity contribution in [1.29, 1.82) is 0 Å². The minimum absolute atomic E-state index is 0.0511. The third kappa shape index (κ3) is 13.9. The normalized spacial score (nSPS) is 13.8. The van der Waals surface area contributed by atoms with Gasteiger partial charge in [-0.25, -0.2) is 22.0 Å². The average molecular weight is 730 g/mol. The topological polar surface area (TPSA) is 105 Å².